The Labute approximate surface area is 160 Å². The third-order valence-electron chi connectivity index (χ3n) is 4.12. The molecule has 0 atom stereocenters. The van der Waals surface area contributed by atoms with Crippen LogP contribution in [0.1, 0.15) is 16.1 Å². The number of carbonyl (C=O) groups is 1. The number of nitrogens with one attached hydrogen (secondary N) is 1. The summed E-state index contributed by atoms with van der Waals surface area (Å²) in [4.78, 5) is 18.0. The van der Waals surface area contributed by atoms with Gasteiger partial charge in [0.2, 0.25) is 10.0 Å². The number of H-pyrrole nitrogens is 1. The van der Waals surface area contributed by atoms with Gasteiger partial charge in [0.15, 0.2) is 5.03 Å². The van der Waals surface area contributed by atoms with Gasteiger partial charge in [-0.2, -0.15) is 8.61 Å². The molecule has 1 aliphatic rings. The zero-order chi connectivity index (χ0) is 19.7. The first-order valence-corrected chi connectivity index (χ1v) is 11.7. The van der Waals surface area contributed by atoms with Crippen molar-refractivity contribution in [1.29, 1.82) is 0 Å². The third kappa shape index (κ3) is 3.78. The molecule has 0 spiro atoms. The summed E-state index contributed by atoms with van der Waals surface area (Å²) >= 11 is 0.984. The highest BCUT2D eigenvalue weighted by molar-refractivity contribution is 7.89. The van der Waals surface area contributed by atoms with E-state index in [4.69, 9.17) is 0 Å². The zero-order valence-electron chi connectivity index (χ0n) is 14.4. The van der Waals surface area contributed by atoms with Crippen molar-refractivity contribution < 1.29 is 26.4 Å². The molecule has 0 amide bonds. The van der Waals surface area contributed by atoms with E-state index in [0.29, 0.717) is 6.42 Å². The van der Waals surface area contributed by atoms with Crippen LogP contribution in [-0.4, -0.2) is 74.7 Å². The Balaban J connectivity index is 1.82. The van der Waals surface area contributed by atoms with Crippen LogP contribution in [0.3, 0.4) is 0 Å². The molecule has 0 bridgehead atoms. The van der Waals surface area contributed by atoms with Gasteiger partial charge in [-0.3, -0.25) is 0 Å². The first-order valence-electron chi connectivity index (χ1n) is 7.93. The highest BCUT2D eigenvalue weighted by atomic mass is 32.2. The summed E-state index contributed by atoms with van der Waals surface area (Å²) in [6.07, 6.45) is 2.80. The second-order valence-electron chi connectivity index (χ2n) is 5.68. The number of hydrogen-bond acceptors (Lipinski definition) is 8. The quantitative estimate of drug-likeness (QED) is 0.672. The van der Waals surface area contributed by atoms with Crippen molar-refractivity contribution in [3.63, 3.8) is 0 Å². The van der Waals surface area contributed by atoms with Gasteiger partial charge in [0.1, 0.15) is 9.77 Å². The van der Waals surface area contributed by atoms with Crippen LogP contribution in [0, 0.1) is 0 Å². The largest absolute Gasteiger partial charge is 0.465 e. The normalized spacial score (nSPS) is 17.5. The Morgan fingerprint density at radius 2 is 1.81 bits per heavy atom. The zero-order valence-corrected chi connectivity index (χ0v) is 16.8. The molecule has 0 unspecified atom stereocenters. The van der Waals surface area contributed by atoms with Gasteiger partial charge < -0.3 is 9.72 Å². The predicted octanol–water partition coefficient (Wildman–Crippen LogP) is 0.343. The molecule has 1 saturated heterocycles. The van der Waals surface area contributed by atoms with E-state index < -0.39 is 26.0 Å². The van der Waals surface area contributed by atoms with E-state index in [0.717, 1.165) is 11.3 Å². The molecular weight excluding hydrogens is 416 g/mol. The Morgan fingerprint density at radius 3 is 2.41 bits per heavy atom. The maximum Gasteiger partial charge on any atom is 0.349 e. The third-order valence-corrected chi connectivity index (χ3v) is 8.91. The number of nitrogens with zero attached hydrogens (tertiary/aromatic N) is 3. The molecule has 13 heteroatoms. The molecule has 1 aliphatic heterocycles. The number of esters is 1. The summed E-state index contributed by atoms with van der Waals surface area (Å²) in [5.41, 5.74) is 0. The minimum atomic E-state index is -3.95. The van der Waals surface area contributed by atoms with E-state index in [2.05, 4.69) is 14.7 Å². The molecule has 2 aromatic heterocycles. The molecule has 10 nitrogen and oxygen atoms in total. The number of hydrogen-bond donors (Lipinski definition) is 1. The van der Waals surface area contributed by atoms with Crippen LogP contribution >= 0.6 is 11.3 Å². The minimum absolute atomic E-state index is 0.00171. The van der Waals surface area contributed by atoms with E-state index in [1.54, 1.807) is 0 Å². The van der Waals surface area contributed by atoms with Crippen LogP contribution in [0.2, 0.25) is 0 Å². The van der Waals surface area contributed by atoms with E-state index in [1.165, 1.54) is 39.7 Å². The lowest BCUT2D eigenvalue weighted by Crippen LogP contribution is -2.37. The first kappa shape index (κ1) is 19.9. The van der Waals surface area contributed by atoms with Crippen LogP contribution in [0.15, 0.2) is 33.9 Å². The highest BCUT2D eigenvalue weighted by Crippen LogP contribution is 2.27. The maximum absolute atomic E-state index is 13.0. The van der Waals surface area contributed by atoms with E-state index in [1.807, 2.05) is 0 Å². The highest BCUT2D eigenvalue weighted by Gasteiger charge is 2.34. The van der Waals surface area contributed by atoms with Gasteiger partial charge >= 0.3 is 5.97 Å². The van der Waals surface area contributed by atoms with Crippen molar-refractivity contribution in [3.05, 3.63) is 28.8 Å². The average molecular weight is 435 g/mol. The lowest BCUT2D eigenvalue weighted by Gasteiger charge is -2.21. The van der Waals surface area contributed by atoms with Gasteiger partial charge in [0.25, 0.3) is 10.0 Å². The first-order chi connectivity index (χ1) is 12.8. The molecule has 1 fully saturated rings. The number of imidazole rings is 1. The number of aromatic amines is 1. The van der Waals surface area contributed by atoms with Crippen LogP contribution in [0.4, 0.5) is 0 Å². The Kier molecular flexibility index (Phi) is 5.67. The van der Waals surface area contributed by atoms with Crippen molar-refractivity contribution in [2.24, 2.45) is 0 Å². The molecule has 27 heavy (non-hydrogen) atoms. The fraction of sp³-hybridized carbons (Fsp3) is 0.429. The number of aromatic nitrogens is 2. The summed E-state index contributed by atoms with van der Waals surface area (Å²) < 4.78 is 58.2. The monoisotopic (exact) mass is 434 g/mol. The Morgan fingerprint density at radius 1 is 1.15 bits per heavy atom. The molecule has 3 rings (SSSR count). The average Bonchev–Trinajstić information content (AvgIpc) is 3.28. The lowest BCUT2D eigenvalue weighted by molar-refractivity contribution is 0.0602. The number of rotatable bonds is 5. The second-order valence-corrected chi connectivity index (χ2v) is 10.4. The predicted molar refractivity (Wildman–Crippen MR) is 96.4 cm³/mol. The van der Waals surface area contributed by atoms with Gasteiger partial charge in [-0.05, 0) is 17.9 Å². The van der Waals surface area contributed by atoms with Crippen molar-refractivity contribution >= 4 is 37.4 Å². The molecule has 0 aliphatic carbocycles. The van der Waals surface area contributed by atoms with Gasteiger partial charge in [-0.15, -0.1) is 11.3 Å². The van der Waals surface area contributed by atoms with Crippen molar-refractivity contribution in [1.82, 2.24) is 18.6 Å². The van der Waals surface area contributed by atoms with E-state index in [-0.39, 0.29) is 41.0 Å². The molecule has 1 N–H and O–H groups in total. The van der Waals surface area contributed by atoms with E-state index in [9.17, 15) is 21.6 Å². The van der Waals surface area contributed by atoms with Crippen molar-refractivity contribution in [3.8, 4) is 0 Å². The summed E-state index contributed by atoms with van der Waals surface area (Å²) in [7, 11) is -6.53. The fourth-order valence-electron chi connectivity index (χ4n) is 2.76. The summed E-state index contributed by atoms with van der Waals surface area (Å²) in [6, 6.07) is 1.36. The fourth-order valence-corrected chi connectivity index (χ4v) is 6.90. The standard InChI is InChI=1S/C14H18N4O6S3/c1-24-14(19)13-11(3-8-25-13)26(20,21)17-4-2-5-18(7-6-17)27(22,23)12-9-15-10-16-12/h3,8-10H,2,4-7H2,1H3,(H,15,16). The molecule has 0 aromatic carbocycles. The van der Waals surface area contributed by atoms with Crippen LogP contribution in [-0.2, 0) is 24.8 Å². The molecule has 148 valence electrons. The smallest absolute Gasteiger partial charge is 0.349 e. The SMILES string of the molecule is COC(=O)c1sccc1S(=O)(=O)N1CCCN(S(=O)(=O)c2cnc[nH]2)CC1. The number of sulfonamides is 2. The van der Waals surface area contributed by atoms with E-state index >= 15 is 0 Å². The van der Waals surface area contributed by atoms with Gasteiger partial charge in [-0.25, -0.2) is 26.6 Å². The number of ether oxygens (including phenoxy) is 1. The summed E-state index contributed by atoms with van der Waals surface area (Å²) in [6.45, 7) is 0.305. The molecule has 3 heterocycles. The van der Waals surface area contributed by atoms with Crippen LogP contribution in [0.5, 0.6) is 0 Å². The number of thiophene rings is 1. The Bertz CT molecular complexity index is 1010. The molecule has 0 saturated carbocycles. The number of methoxy groups -OCH3 is 1. The van der Waals surface area contributed by atoms with Gasteiger partial charge in [-0.1, -0.05) is 0 Å². The minimum Gasteiger partial charge on any atom is -0.465 e. The van der Waals surface area contributed by atoms with Crippen LogP contribution in [0.25, 0.3) is 0 Å². The number of carbonyl (C=O) groups excluding carboxylic acids is 1. The maximum atomic E-state index is 13.0. The van der Waals surface area contributed by atoms with Gasteiger partial charge in [0.05, 0.1) is 19.6 Å². The Hall–Kier alpha value is -1.80. The van der Waals surface area contributed by atoms with Gasteiger partial charge in [0, 0.05) is 26.2 Å². The molecule has 2 aromatic rings. The second kappa shape index (κ2) is 7.67. The van der Waals surface area contributed by atoms with Crippen LogP contribution < -0.4 is 0 Å². The topological polar surface area (TPSA) is 130 Å². The molecule has 0 radical (unpaired) electrons. The lowest BCUT2D eigenvalue weighted by atomic mass is 10.4. The van der Waals surface area contributed by atoms with Crippen molar-refractivity contribution in [2.75, 3.05) is 33.3 Å². The van der Waals surface area contributed by atoms with Crippen molar-refractivity contribution in [2.45, 2.75) is 16.3 Å². The summed E-state index contributed by atoms with van der Waals surface area (Å²) in [5, 5.41) is 1.47. The molecular formula is C14H18N4O6S3. The summed E-state index contributed by atoms with van der Waals surface area (Å²) in [5.74, 6) is -0.721.